The van der Waals surface area contributed by atoms with Crippen LogP contribution in [0.5, 0.6) is 0 Å². The van der Waals surface area contributed by atoms with Gasteiger partial charge in [-0.05, 0) is 42.8 Å². The van der Waals surface area contributed by atoms with Crippen LogP contribution in [-0.4, -0.2) is 82.0 Å². The summed E-state index contributed by atoms with van der Waals surface area (Å²) in [5.74, 6) is 0.720. The van der Waals surface area contributed by atoms with Crippen LogP contribution in [0.25, 0.3) is 11.0 Å². The number of hydrogen-bond acceptors (Lipinski definition) is 7. The standard InChI is InChI=1S/C30H36BrN7O2/c1-22-6-4-5-7-25(22)20-37(30(39)40-17-16-36-14-12-35(3)13-15-36)28-27-18-34-38(29(27)33-21-32-28)19-23(2)24-8-10-26(31)11-9-24/h4-11,18,21,23H,12-17,19-20H2,1-3H3. The number of anilines is 1. The number of amides is 1. The molecule has 0 N–H and O–H groups in total. The highest BCUT2D eigenvalue weighted by Crippen LogP contribution is 2.27. The maximum absolute atomic E-state index is 13.6. The predicted molar refractivity (Wildman–Crippen MR) is 161 cm³/mol. The van der Waals surface area contributed by atoms with Gasteiger partial charge in [-0.2, -0.15) is 5.10 Å². The van der Waals surface area contributed by atoms with Crippen molar-refractivity contribution in [2.24, 2.45) is 0 Å². The molecule has 40 heavy (non-hydrogen) atoms. The molecule has 210 valence electrons. The number of aryl methyl sites for hydroxylation is 1. The number of carbonyl (C=O) groups is 1. The van der Waals surface area contributed by atoms with Crippen molar-refractivity contribution in [2.75, 3.05) is 51.3 Å². The number of rotatable bonds is 9. The number of benzene rings is 2. The van der Waals surface area contributed by atoms with E-state index in [-0.39, 0.29) is 5.92 Å². The maximum atomic E-state index is 13.6. The summed E-state index contributed by atoms with van der Waals surface area (Å²) in [6.07, 6.45) is 2.83. The minimum Gasteiger partial charge on any atom is -0.448 e. The van der Waals surface area contributed by atoms with Gasteiger partial charge in [0.2, 0.25) is 0 Å². The Hall–Kier alpha value is -3.34. The minimum absolute atomic E-state index is 0.220. The lowest BCUT2D eigenvalue weighted by molar-refractivity contribution is 0.107. The molecule has 2 aromatic carbocycles. The summed E-state index contributed by atoms with van der Waals surface area (Å²) in [6, 6.07) is 16.4. The molecule has 5 rings (SSSR count). The number of aromatic nitrogens is 4. The van der Waals surface area contributed by atoms with Crippen LogP contribution in [0.1, 0.15) is 29.5 Å². The lowest BCUT2D eigenvalue weighted by Crippen LogP contribution is -2.45. The molecule has 0 saturated carbocycles. The molecule has 1 unspecified atom stereocenters. The fourth-order valence-electron chi connectivity index (χ4n) is 4.98. The number of halogens is 1. The first kappa shape index (κ1) is 28.2. The lowest BCUT2D eigenvalue weighted by atomic mass is 10.0. The van der Waals surface area contributed by atoms with E-state index < -0.39 is 6.09 Å². The van der Waals surface area contributed by atoms with Crippen LogP contribution in [0.4, 0.5) is 10.6 Å². The van der Waals surface area contributed by atoms with Crippen molar-refractivity contribution in [3.63, 3.8) is 0 Å². The van der Waals surface area contributed by atoms with E-state index in [1.165, 1.54) is 11.9 Å². The van der Waals surface area contributed by atoms with Crippen LogP contribution in [0.15, 0.2) is 65.5 Å². The van der Waals surface area contributed by atoms with E-state index in [0.717, 1.165) is 47.2 Å². The summed E-state index contributed by atoms with van der Waals surface area (Å²) in [6.45, 7) is 10.2. The van der Waals surface area contributed by atoms with Crippen LogP contribution in [0, 0.1) is 6.92 Å². The number of fused-ring (bicyclic) bond motifs is 1. The third-order valence-electron chi connectivity index (χ3n) is 7.59. The molecular weight excluding hydrogens is 570 g/mol. The van der Waals surface area contributed by atoms with Gasteiger partial charge < -0.3 is 9.64 Å². The Morgan fingerprint density at radius 2 is 1.82 bits per heavy atom. The number of piperazine rings is 1. The Morgan fingerprint density at radius 1 is 1.07 bits per heavy atom. The van der Waals surface area contributed by atoms with E-state index in [2.05, 4.69) is 66.9 Å². The van der Waals surface area contributed by atoms with Gasteiger partial charge in [-0.1, -0.05) is 59.3 Å². The minimum atomic E-state index is -0.423. The second-order valence-electron chi connectivity index (χ2n) is 10.5. The molecule has 10 heteroatoms. The summed E-state index contributed by atoms with van der Waals surface area (Å²) in [4.78, 5) is 28.9. The zero-order valence-corrected chi connectivity index (χ0v) is 24.9. The molecular formula is C30H36BrN7O2. The monoisotopic (exact) mass is 605 g/mol. The van der Waals surface area contributed by atoms with Gasteiger partial charge in [-0.25, -0.2) is 19.4 Å². The Morgan fingerprint density at radius 3 is 2.58 bits per heavy atom. The van der Waals surface area contributed by atoms with Gasteiger partial charge >= 0.3 is 6.09 Å². The van der Waals surface area contributed by atoms with Gasteiger partial charge in [0.05, 0.1) is 18.1 Å². The van der Waals surface area contributed by atoms with Crippen LogP contribution in [0.3, 0.4) is 0 Å². The third kappa shape index (κ3) is 6.68. The van der Waals surface area contributed by atoms with Gasteiger partial charge in [0.15, 0.2) is 11.5 Å². The number of likely N-dealkylation sites (N-methyl/N-ethyl adjacent to an activating group) is 1. The second kappa shape index (κ2) is 12.9. The van der Waals surface area contributed by atoms with E-state index in [1.54, 1.807) is 11.1 Å². The molecule has 0 bridgehead atoms. The fourth-order valence-corrected chi connectivity index (χ4v) is 5.24. The molecule has 3 heterocycles. The van der Waals surface area contributed by atoms with Crippen molar-refractivity contribution in [2.45, 2.75) is 32.9 Å². The zero-order valence-electron chi connectivity index (χ0n) is 23.3. The van der Waals surface area contributed by atoms with Gasteiger partial charge in [0, 0.05) is 49.7 Å². The molecule has 1 amide bonds. The number of hydrogen-bond donors (Lipinski definition) is 0. The third-order valence-corrected chi connectivity index (χ3v) is 8.12. The smallest absolute Gasteiger partial charge is 0.415 e. The van der Waals surface area contributed by atoms with E-state index in [4.69, 9.17) is 4.74 Å². The summed E-state index contributed by atoms with van der Waals surface area (Å²) < 4.78 is 8.77. The normalized spacial score (nSPS) is 15.3. The quantitative estimate of drug-likeness (QED) is 0.263. The van der Waals surface area contributed by atoms with Crippen molar-refractivity contribution in [3.05, 3.63) is 82.2 Å². The van der Waals surface area contributed by atoms with E-state index >= 15 is 0 Å². The Bertz CT molecular complexity index is 1430. The topological polar surface area (TPSA) is 79.6 Å². The molecule has 9 nitrogen and oxygen atoms in total. The van der Waals surface area contributed by atoms with Crippen LogP contribution >= 0.6 is 15.9 Å². The number of carbonyl (C=O) groups excluding carboxylic acids is 1. The molecule has 1 aliphatic heterocycles. The summed E-state index contributed by atoms with van der Waals surface area (Å²) in [7, 11) is 2.13. The maximum Gasteiger partial charge on any atom is 0.415 e. The van der Waals surface area contributed by atoms with E-state index in [0.29, 0.717) is 37.7 Å². The average Bonchev–Trinajstić information content (AvgIpc) is 3.37. The first-order valence-electron chi connectivity index (χ1n) is 13.7. The average molecular weight is 607 g/mol. The number of ether oxygens (including phenoxy) is 1. The van der Waals surface area contributed by atoms with Gasteiger partial charge in [-0.3, -0.25) is 9.80 Å². The molecule has 1 aliphatic rings. The summed E-state index contributed by atoms with van der Waals surface area (Å²) in [5, 5.41) is 5.37. The van der Waals surface area contributed by atoms with Crippen molar-refractivity contribution in [3.8, 4) is 0 Å². The highest BCUT2D eigenvalue weighted by molar-refractivity contribution is 9.10. The van der Waals surface area contributed by atoms with E-state index in [1.807, 2.05) is 48.0 Å². The SMILES string of the molecule is Cc1ccccc1CN(C(=O)OCCN1CCN(C)CC1)c1ncnc2c1cnn2CC(C)c1ccc(Br)cc1. The predicted octanol–water partition coefficient (Wildman–Crippen LogP) is 5.09. The van der Waals surface area contributed by atoms with Crippen molar-refractivity contribution >= 4 is 38.9 Å². The summed E-state index contributed by atoms with van der Waals surface area (Å²) >= 11 is 3.51. The molecule has 0 radical (unpaired) electrons. The van der Waals surface area contributed by atoms with Crippen LogP contribution in [0.2, 0.25) is 0 Å². The van der Waals surface area contributed by atoms with Crippen molar-refractivity contribution < 1.29 is 9.53 Å². The molecule has 1 fully saturated rings. The first-order valence-corrected chi connectivity index (χ1v) is 14.5. The van der Waals surface area contributed by atoms with Gasteiger partial charge in [0.25, 0.3) is 0 Å². The highest BCUT2D eigenvalue weighted by Gasteiger charge is 2.25. The molecule has 1 saturated heterocycles. The molecule has 1 atom stereocenters. The molecule has 0 spiro atoms. The lowest BCUT2D eigenvalue weighted by Gasteiger charge is -2.32. The fraction of sp³-hybridized carbons (Fsp3) is 0.400. The second-order valence-corrected chi connectivity index (χ2v) is 11.4. The summed E-state index contributed by atoms with van der Waals surface area (Å²) in [5.41, 5.74) is 4.03. The van der Waals surface area contributed by atoms with Crippen LogP contribution < -0.4 is 4.90 Å². The molecule has 4 aromatic rings. The van der Waals surface area contributed by atoms with Crippen molar-refractivity contribution in [1.29, 1.82) is 0 Å². The largest absolute Gasteiger partial charge is 0.448 e. The molecule has 2 aromatic heterocycles. The van der Waals surface area contributed by atoms with Gasteiger partial charge in [-0.15, -0.1) is 0 Å². The zero-order chi connectivity index (χ0) is 28.1. The molecule has 0 aliphatic carbocycles. The first-order chi connectivity index (χ1) is 19.4. The number of nitrogens with zero attached hydrogens (tertiary/aromatic N) is 7. The van der Waals surface area contributed by atoms with Gasteiger partial charge in [0.1, 0.15) is 12.9 Å². The van der Waals surface area contributed by atoms with Crippen LogP contribution in [-0.2, 0) is 17.8 Å². The van der Waals surface area contributed by atoms with Crippen molar-refractivity contribution in [1.82, 2.24) is 29.5 Å². The Labute approximate surface area is 243 Å². The Balaban J connectivity index is 1.38. The highest BCUT2D eigenvalue weighted by atomic mass is 79.9. The van der Waals surface area contributed by atoms with E-state index in [9.17, 15) is 4.79 Å². The Kier molecular flexibility index (Phi) is 9.08.